The number of ether oxygens (including phenoxy) is 4. The fraction of sp³-hybridized carbons (Fsp3) is 0.281. The first-order valence-electron chi connectivity index (χ1n) is 12.9. The van der Waals surface area contributed by atoms with Gasteiger partial charge in [-0.15, -0.1) is 6.58 Å². The van der Waals surface area contributed by atoms with Crippen LogP contribution >= 0.6 is 0 Å². The van der Waals surface area contributed by atoms with Gasteiger partial charge >= 0.3 is 0 Å². The zero-order chi connectivity index (χ0) is 26.7. The molecular weight excluding hydrogens is 476 g/mol. The third kappa shape index (κ3) is 6.57. The van der Waals surface area contributed by atoms with E-state index >= 15 is 0 Å². The number of hydrogen-bond acceptors (Lipinski definition) is 5. The molecule has 0 bridgehead atoms. The normalized spacial score (nSPS) is 11.1. The van der Waals surface area contributed by atoms with Crippen LogP contribution in [-0.2, 0) is 19.6 Å². The van der Waals surface area contributed by atoms with E-state index in [0.717, 1.165) is 65.3 Å². The predicted octanol–water partition coefficient (Wildman–Crippen LogP) is 7.25. The molecule has 0 fully saturated rings. The minimum absolute atomic E-state index is 0.345. The molecule has 198 valence electrons. The first kappa shape index (κ1) is 26.9. The van der Waals surface area contributed by atoms with E-state index in [1.807, 2.05) is 79.7 Å². The monoisotopic (exact) mass is 512 g/mol. The Bertz CT molecular complexity index is 1390. The smallest absolute Gasteiger partial charge is 0.161 e. The van der Waals surface area contributed by atoms with Crippen molar-refractivity contribution in [1.29, 1.82) is 0 Å². The summed E-state index contributed by atoms with van der Waals surface area (Å²) in [4.78, 5) is 4.85. The van der Waals surface area contributed by atoms with Gasteiger partial charge in [0, 0.05) is 6.54 Å². The van der Waals surface area contributed by atoms with Crippen LogP contribution in [0.15, 0.2) is 79.4 Å². The molecule has 3 aromatic carbocycles. The first-order valence-corrected chi connectivity index (χ1v) is 12.9. The highest BCUT2D eigenvalue weighted by Gasteiger charge is 2.13. The Hall–Kier alpha value is -4.19. The maximum Gasteiger partial charge on any atom is 0.161 e. The molecule has 0 atom stereocenters. The number of rotatable bonds is 14. The lowest BCUT2D eigenvalue weighted by molar-refractivity contribution is 0.268. The number of unbranched alkanes of at least 4 members (excludes halogenated alkanes) is 1. The lowest BCUT2D eigenvalue weighted by atomic mass is 10.1. The Morgan fingerprint density at radius 3 is 2.42 bits per heavy atom. The van der Waals surface area contributed by atoms with Crippen LogP contribution in [0.1, 0.15) is 36.7 Å². The number of aromatic nitrogens is 2. The van der Waals surface area contributed by atoms with Crippen LogP contribution in [0.25, 0.3) is 17.1 Å². The van der Waals surface area contributed by atoms with Crippen molar-refractivity contribution in [1.82, 2.24) is 9.55 Å². The zero-order valence-corrected chi connectivity index (χ0v) is 22.5. The molecule has 0 N–H and O–H groups in total. The highest BCUT2D eigenvalue weighted by atomic mass is 16.5. The van der Waals surface area contributed by atoms with E-state index in [1.165, 1.54) is 0 Å². The number of benzene rings is 3. The summed E-state index contributed by atoms with van der Waals surface area (Å²) in [7, 11) is 3.32. The summed E-state index contributed by atoms with van der Waals surface area (Å²) in [5, 5.41) is 0. The molecule has 0 spiro atoms. The summed E-state index contributed by atoms with van der Waals surface area (Å²) in [6, 6.07) is 20.1. The van der Waals surface area contributed by atoms with Crippen molar-refractivity contribution in [2.24, 2.45) is 0 Å². The van der Waals surface area contributed by atoms with Gasteiger partial charge in [0.1, 0.15) is 12.4 Å². The van der Waals surface area contributed by atoms with Gasteiger partial charge in [0.05, 0.1) is 31.9 Å². The summed E-state index contributed by atoms with van der Waals surface area (Å²) in [5.74, 6) is 3.79. The fourth-order valence-corrected chi connectivity index (χ4v) is 4.41. The molecule has 0 aliphatic carbocycles. The summed E-state index contributed by atoms with van der Waals surface area (Å²) in [5.41, 5.74) is 4.27. The first-order chi connectivity index (χ1) is 18.7. The van der Waals surface area contributed by atoms with Crippen LogP contribution in [0.5, 0.6) is 23.0 Å². The van der Waals surface area contributed by atoms with Crippen molar-refractivity contribution >= 4 is 17.1 Å². The largest absolute Gasteiger partial charge is 0.493 e. The number of fused-ring (bicyclic) bond motifs is 1. The van der Waals surface area contributed by atoms with Gasteiger partial charge in [-0.25, -0.2) is 4.98 Å². The molecule has 6 nitrogen and oxygen atoms in total. The standard InChI is InChI=1S/C32H36N2O4/c1-5-11-24-15-17-28(30(21-24)35-3)37-20-10-9-19-34-27-14-8-7-13-26(27)33-32(34)23-38-29-18-16-25(12-6-2)22-31(29)36-4/h5-8,11,13-18,21-22H,2,9-10,12,19-20,23H2,1,3-4H3/b11-5+. The number of hydrogen-bond donors (Lipinski definition) is 0. The molecule has 38 heavy (non-hydrogen) atoms. The molecule has 6 heteroatoms. The molecule has 4 rings (SSSR count). The van der Waals surface area contributed by atoms with E-state index in [2.05, 4.69) is 17.2 Å². The Kier molecular flexibility index (Phi) is 9.46. The number of aryl methyl sites for hydroxylation is 1. The van der Waals surface area contributed by atoms with Crippen LogP contribution in [0, 0.1) is 0 Å². The van der Waals surface area contributed by atoms with Gasteiger partial charge in [0.2, 0.25) is 0 Å². The minimum Gasteiger partial charge on any atom is -0.493 e. The van der Waals surface area contributed by atoms with Crippen molar-refractivity contribution in [3.8, 4) is 23.0 Å². The third-order valence-corrected chi connectivity index (χ3v) is 6.28. The molecule has 0 aliphatic heterocycles. The number of allylic oxidation sites excluding steroid dienone is 2. The second-order valence-corrected chi connectivity index (χ2v) is 8.90. The Morgan fingerprint density at radius 2 is 1.63 bits per heavy atom. The van der Waals surface area contributed by atoms with Crippen molar-refractivity contribution in [3.05, 3.63) is 96.3 Å². The van der Waals surface area contributed by atoms with Crippen LogP contribution in [0.4, 0.5) is 0 Å². The average molecular weight is 513 g/mol. The highest BCUT2D eigenvalue weighted by Crippen LogP contribution is 2.30. The van der Waals surface area contributed by atoms with Crippen molar-refractivity contribution in [2.45, 2.75) is 39.3 Å². The lowest BCUT2D eigenvalue weighted by Gasteiger charge is -2.14. The quantitative estimate of drug-likeness (QED) is 0.132. The van der Waals surface area contributed by atoms with Gasteiger partial charge in [0.15, 0.2) is 23.0 Å². The van der Waals surface area contributed by atoms with Gasteiger partial charge in [-0.05, 0) is 73.7 Å². The molecule has 1 aromatic heterocycles. The van der Waals surface area contributed by atoms with Crippen LogP contribution in [0.3, 0.4) is 0 Å². The van der Waals surface area contributed by atoms with Crippen LogP contribution < -0.4 is 18.9 Å². The number of para-hydroxylation sites is 2. The minimum atomic E-state index is 0.345. The average Bonchev–Trinajstić information content (AvgIpc) is 3.30. The zero-order valence-electron chi connectivity index (χ0n) is 22.5. The molecule has 0 saturated carbocycles. The van der Waals surface area contributed by atoms with E-state index in [-0.39, 0.29) is 0 Å². The topological polar surface area (TPSA) is 54.7 Å². The Labute approximate surface area is 225 Å². The van der Waals surface area contributed by atoms with Crippen molar-refractivity contribution < 1.29 is 18.9 Å². The molecule has 1 heterocycles. The Morgan fingerprint density at radius 1 is 0.868 bits per heavy atom. The molecule has 0 amide bonds. The summed E-state index contributed by atoms with van der Waals surface area (Å²) < 4.78 is 25.5. The maximum absolute atomic E-state index is 6.18. The van der Waals surface area contributed by atoms with Crippen molar-refractivity contribution in [2.75, 3.05) is 20.8 Å². The van der Waals surface area contributed by atoms with E-state index in [9.17, 15) is 0 Å². The maximum atomic E-state index is 6.18. The number of imidazole rings is 1. The summed E-state index contributed by atoms with van der Waals surface area (Å²) >= 11 is 0. The lowest BCUT2D eigenvalue weighted by Crippen LogP contribution is -2.09. The molecular formula is C32H36N2O4. The summed E-state index contributed by atoms with van der Waals surface area (Å²) in [6.07, 6.45) is 8.53. The number of methoxy groups -OCH3 is 2. The molecule has 0 unspecified atom stereocenters. The second-order valence-electron chi connectivity index (χ2n) is 8.90. The highest BCUT2D eigenvalue weighted by molar-refractivity contribution is 5.75. The van der Waals surface area contributed by atoms with E-state index in [1.54, 1.807) is 14.2 Å². The Balaban J connectivity index is 1.40. The van der Waals surface area contributed by atoms with Crippen molar-refractivity contribution in [3.63, 3.8) is 0 Å². The van der Waals surface area contributed by atoms with E-state index in [4.69, 9.17) is 23.9 Å². The van der Waals surface area contributed by atoms with E-state index in [0.29, 0.717) is 24.7 Å². The van der Waals surface area contributed by atoms with Gasteiger partial charge in [-0.2, -0.15) is 0 Å². The van der Waals surface area contributed by atoms with Crippen LogP contribution in [-0.4, -0.2) is 30.4 Å². The molecule has 0 aliphatic rings. The van der Waals surface area contributed by atoms with Gasteiger partial charge < -0.3 is 23.5 Å². The van der Waals surface area contributed by atoms with Gasteiger partial charge in [-0.3, -0.25) is 0 Å². The summed E-state index contributed by atoms with van der Waals surface area (Å²) in [6.45, 7) is 7.57. The SMILES string of the molecule is C=CCc1ccc(OCc2nc3ccccc3n2CCCCOc2ccc(/C=C/C)cc2OC)c(OC)c1. The fourth-order valence-electron chi connectivity index (χ4n) is 4.41. The molecule has 0 radical (unpaired) electrons. The number of nitrogens with zero attached hydrogens (tertiary/aromatic N) is 2. The van der Waals surface area contributed by atoms with Gasteiger partial charge in [-0.1, -0.05) is 42.5 Å². The molecule has 4 aromatic rings. The predicted molar refractivity (Wildman–Crippen MR) is 153 cm³/mol. The molecule has 0 saturated heterocycles. The van der Waals surface area contributed by atoms with E-state index < -0.39 is 0 Å². The van der Waals surface area contributed by atoms with Gasteiger partial charge in [0.25, 0.3) is 0 Å². The second kappa shape index (κ2) is 13.4. The third-order valence-electron chi connectivity index (χ3n) is 6.28. The van der Waals surface area contributed by atoms with Crippen LogP contribution in [0.2, 0.25) is 0 Å².